The molecule has 2 bridgehead atoms. The molecule has 1 N–H and O–H groups in total. The van der Waals surface area contributed by atoms with Crippen LogP contribution in [0.3, 0.4) is 0 Å². The molecule has 6 rings (SSSR count). The number of anilines is 1. The first-order valence-corrected chi connectivity index (χ1v) is 11.7. The molecule has 1 amide bonds. The second kappa shape index (κ2) is 7.18. The van der Waals surface area contributed by atoms with Crippen LogP contribution in [-0.2, 0) is 17.2 Å². The molecular formula is C25H28N4O4. The molecule has 3 fully saturated rings. The molecule has 4 heterocycles. The SMILES string of the molecule is Cn1cccc(NC(=O)c2cn3cc(C45CCC(C)(C4)OC5)nc3cc2OC2CCC2)c1=O. The summed E-state index contributed by atoms with van der Waals surface area (Å²) >= 11 is 0. The zero-order valence-corrected chi connectivity index (χ0v) is 19.0. The number of amides is 1. The van der Waals surface area contributed by atoms with Gasteiger partial charge in [-0.1, -0.05) is 0 Å². The lowest BCUT2D eigenvalue weighted by atomic mass is 9.84. The van der Waals surface area contributed by atoms with Gasteiger partial charge in [0.15, 0.2) is 0 Å². The fourth-order valence-corrected chi connectivity index (χ4v) is 5.34. The number of aromatic nitrogens is 3. The number of rotatable bonds is 5. The van der Waals surface area contributed by atoms with Crippen LogP contribution in [0.2, 0.25) is 0 Å². The van der Waals surface area contributed by atoms with Crippen molar-refractivity contribution in [1.29, 1.82) is 0 Å². The van der Waals surface area contributed by atoms with Gasteiger partial charge in [-0.05, 0) is 57.6 Å². The normalized spacial score (nSPS) is 26.5. The van der Waals surface area contributed by atoms with Gasteiger partial charge in [0.2, 0.25) is 0 Å². The van der Waals surface area contributed by atoms with Crippen LogP contribution in [0.5, 0.6) is 5.75 Å². The summed E-state index contributed by atoms with van der Waals surface area (Å²) in [4.78, 5) is 30.6. The van der Waals surface area contributed by atoms with Gasteiger partial charge in [-0.2, -0.15) is 0 Å². The molecule has 3 aromatic heterocycles. The minimum atomic E-state index is -0.374. The van der Waals surface area contributed by atoms with Crippen LogP contribution in [0.15, 0.2) is 41.6 Å². The Hall–Kier alpha value is -3.13. The van der Waals surface area contributed by atoms with E-state index in [9.17, 15) is 9.59 Å². The molecule has 8 heteroatoms. The van der Waals surface area contributed by atoms with E-state index in [2.05, 4.69) is 12.2 Å². The number of hydrogen-bond donors (Lipinski definition) is 1. The molecular weight excluding hydrogens is 420 g/mol. The summed E-state index contributed by atoms with van der Waals surface area (Å²) < 4.78 is 15.6. The first-order chi connectivity index (χ1) is 15.8. The summed E-state index contributed by atoms with van der Waals surface area (Å²) in [6, 6.07) is 5.18. The molecule has 3 aromatic rings. The Labute approximate surface area is 191 Å². The van der Waals surface area contributed by atoms with Gasteiger partial charge >= 0.3 is 0 Å². The maximum Gasteiger partial charge on any atom is 0.274 e. The van der Waals surface area contributed by atoms with Gasteiger partial charge in [0.25, 0.3) is 11.5 Å². The predicted octanol–water partition coefficient (Wildman–Crippen LogP) is 3.43. The standard InChI is InChI=1S/C25H28N4O4/c1-24-8-9-25(14-24,15-32-24)20-13-29-12-17(19(11-21(29)27-20)33-16-5-3-6-16)22(30)26-18-7-4-10-28(2)23(18)31/h4,7,10-13,16H,3,5-6,8-9,14-15H2,1-2H3,(H,26,30). The smallest absolute Gasteiger partial charge is 0.274 e. The number of pyridine rings is 2. The van der Waals surface area contributed by atoms with E-state index in [4.69, 9.17) is 14.5 Å². The molecule has 1 saturated heterocycles. The third-order valence-electron chi connectivity index (χ3n) is 7.60. The topological polar surface area (TPSA) is 86.9 Å². The van der Waals surface area contributed by atoms with Crippen molar-refractivity contribution in [3.05, 3.63) is 58.4 Å². The molecule has 172 valence electrons. The van der Waals surface area contributed by atoms with E-state index in [1.165, 1.54) is 4.57 Å². The fourth-order valence-electron chi connectivity index (χ4n) is 5.34. The number of nitrogens with zero attached hydrogens (tertiary/aromatic N) is 3. The van der Waals surface area contributed by atoms with Crippen LogP contribution in [-0.4, -0.2) is 38.2 Å². The van der Waals surface area contributed by atoms with E-state index in [0.29, 0.717) is 17.9 Å². The predicted molar refractivity (Wildman–Crippen MR) is 123 cm³/mol. The van der Waals surface area contributed by atoms with Crippen LogP contribution >= 0.6 is 0 Å². The van der Waals surface area contributed by atoms with Crippen molar-refractivity contribution in [1.82, 2.24) is 14.0 Å². The Morgan fingerprint density at radius 3 is 2.82 bits per heavy atom. The molecule has 2 unspecified atom stereocenters. The molecule has 0 radical (unpaired) electrons. The highest BCUT2D eigenvalue weighted by Gasteiger charge is 2.55. The minimum absolute atomic E-state index is 0.0544. The molecule has 2 saturated carbocycles. The highest BCUT2D eigenvalue weighted by molar-refractivity contribution is 6.06. The maximum absolute atomic E-state index is 13.3. The average Bonchev–Trinajstić information content (AvgIpc) is 3.44. The summed E-state index contributed by atoms with van der Waals surface area (Å²) in [5.41, 5.74) is 2.01. The number of nitrogens with one attached hydrogen (secondary N) is 1. The zero-order valence-electron chi connectivity index (χ0n) is 19.0. The van der Waals surface area contributed by atoms with Gasteiger partial charge in [-0.15, -0.1) is 0 Å². The van der Waals surface area contributed by atoms with Crippen LogP contribution in [0.4, 0.5) is 5.69 Å². The molecule has 33 heavy (non-hydrogen) atoms. The first-order valence-electron chi connectivity index (χ1n) is 11.7. The molecule has 3 aliphatic rings. The van der Waals surface area contributed by atoms with Gasteiger partial charge in [-0.25, -0.2) is 4.98 Å². The molecule has 0 spiro atoms. The van der Waals surface area contributed by atoms with Crippen LogP contribution < -0.4 is 15.6 Å². The number of imidazole rings is 1. The summed E-state index contributed by atoms with van der Waals surface area (Å²) in [5.74, 6) is 0.131. The summed E-state index contributed by atoms with van der Waals surface area (Å²) in [5, 5.41) is 2.77. The van der Waals surface area contributed by atoms with Gasteiger partial charge < -0.3 is 23.8 Å². The number of ether oxygens (including phenoxy) is 2. The van der Waals surface area contributed by atoms with Crippen LogP contribution in [0, 0.1) is 0 Å². The Morgan fingerprint density at radius 2 is 2.15 bits per heavy atom. The fraction of sp³-hybridized carbons (Fsp3) is 0.480. The van der Waals surface area contributed by atoms with Crippen molar-refractivity contribution in [3.8, 4) is 5.75 Å². The van der Waals surface area contributed by atoms with E-state index >= 15 is 0 Å². The van der Waals surface area contributed by atoms with Crippen molar-refractivity contribution in [2.24, 2.45) is 7.05 Å². The molecule has 0 aromatic carbocycles. The maximum atomic E-state index is 13.3. The van der Waals surface area contributed by atoms with Crippen molar-refractivity contribution < 1.29 is 14.3 Å². The Balaban J connectivity index is 1.39. The number of aryl methyl sites for hydroxylation is 1. The monoisotopic (exact) mass is 448 g/mol. The first kappa shape index (κ1) is 20.5. The van der Waals surface area contributed by atoms with Crippen LogP contribution in [0.1, 0.15) is 61.5 Å². The van der Waals surface area contributed by atoms with Crippen molar-refractivity contribution in [2.45, 2.75) is 62.6 Å². The second-order valence-electron chi connectivity index (χ2n) is 10.1. The van der Waals surface area contributed by atoms with Crippen molar-refractivity contribution >= 4 is 17.2 Å². The van der Waals surface area contributed by atoms with E-state index in [1.54, 1.807) is 31.6 Å². The van der Waals surface area contributed by atoms with E-state index in [-0.39, 0.29) is 34.3 Å². The highest BCUT2D eigenvalue weighted by atomic mass is 16.5. The number of carbonyl (C=O) groups excluding carboxylic acids is 1. The third-order valence-corrected chi connectivity index (χ3v) is 7.60. The van der Waals surface area contributed by atoms with Gasteiger partial charge in [0.05, 0.1) is 29.6 Å². The van der Waals surface area contributed by atoms with E-state index in [0.717, 1.165) is 49.9 Å². The van der Waals surface area contributed by atoms with E-state index in [1.807, 2.05) is 16.7 Å². The molecule has 8 nitrogen and oxygen atoms in total. The highest BCUT2D eigenvalue weighted by Crippen LogP contribution is 2.53. The minimum Gasteiger partial charge on any atom is -0.489 e. The lowest BCUT2D eigenvalue weighted by Crippen LogP contribution is -2.27. The summed E-state index contributed by atoms with van der Waals surface area (Å²) in [6.07, 6.45) is 11.7. The molecule has 1 aliphatic heterocycles. The largest absolute Gasteiger partial charge is 0.489 e. The van der Waals surface area contributed by atoms with Crippen LogP contribution in [0.25, 0.3) is 5.65 Å². The zero-order chi connectivity index (χ0) is 22.8. The van der Waals surface area contributed by atoms with Gasteiger partial charge in [0.1, 0.15) is 17.1 Å². The summed E-state index contributed by atoms with van der Waals surface area (Å²) in [6.45, 7) is 2.86. The lowest BCUT2D eigenvalue weighted by Gasteiger charge is -2.27. The average molecular weight is 449 g/mol. The Bertz CT molecular complexity index is 1310. The molecule has 2 aliphatic carbocycles. The van der Waals surface area contributed by atoms with Crippen molar-refractivity contribution in [3.63, 3.8) is 0 Å². The number of fused-ring (bicyclic) bond motifs is 3. The quantitative estimate of drug-likeness (QED) is 0.646. The Morgan fingerprint density at radius 1 is 1.30 bits per heavy atom. The van der Waals surface area contributed by atoms with Gasteiger partial charge in [-0.3, -0.25) is 9.59 Å². The third kappa shape index (κ3) is 3.35. The lowest BCUT2D eigenvalue weighted by molar-refractivity contribution is -0.00627. The second-order valence-corrected chi connectivity index (χ2v) is 10.1. The summed E-state index contributed by atoms with van der Waals surface area (Å²) in [7, 11) is 1.66. The Kier molecular flexibility index (Phi) is 4.46. The van der Waals surface area contributed by atoms with Crippen molar-refractivity contribution in [2.75, 3.05) is 11.9 Å². The van der Waals surface area contributed by atoms with E-state index < -0.39 is 0 Å². The molecule has 2 atom stereocenters. The number of hydrogen-bond acceptors (Lipinski definition) is 5. The van der Waals surface area contributed by atoms with Gasteiger partial charge in [0, 0.05) is 37.1 Å². The number of carbonyl (C=O) groups is 1.